The number of anilines is 1. The number of esters is 2. The topological polar surface area (TPSA) is 116 Å². The van der Waals surface area contributed by atoms with Crippen LogP contribution in [0.15, 0.2) is 18.2 Å². The van der Waals surface area contributed by atoms with Gasteiger partial charge in [0.05, 0.1) is 12.7 Å². The number of nitrogen functional groups attached to an aromatic ring is 1. The number of methoxy groups -OCH3 is 1. The first-order valence-corrected chi connectivity index (χ1v) is 5.24. The highest BCUT2D eigenvalue weighted by atomic mass is 16.6. The molecule has 0 aliphatic carbocycles. The molecule has 19 heavy (non-hydrogen) atoms. The van der Waals surface area contributed by atoms with Crippen molar-refractivity contribution in [1.82, 2.24) is 0 Å². The van der Waals surface area contributed by atoms with Crippen molar-refractivity contribution in [1.29, 1.82) is 0 Å². The number of nitrogens with two attached hydrogens (primary N) is 1. The Bertz CT molecular complexity index is 525. The third kappa shape index (κ3) is 3.44. The van der Waals surface area contributed by atoms with E-state index in [-0.39, 0.29) is 16.8 Å². The minimum atomic E-state index is -1.44. The van der Waals surface area contributed by atoms with Gasteiger partial charge in [0.15, 0.2) is 0 Å². The van der Waals surface area contributed by atoms with E-state index in [4.69, 9.17) is 15.6 Å². The van der Waals surface area contributed by atoms with Gasteiger partial charge in [-0.05, 0) is 12.1 Å². The second-order valence-corrected chi connectivity index (χ2v) is 3.66. The van der Waals surface area contributed by atoms with Gasteiger partial charge in [0.2, 0.25) is 6.10 Å². The molecular weight excluding hydrogens is 254 g/mol. The van der Waals surface area contributed by atoms with Gasteiger partial charge in [0.25, 0.3) is 0 Å². The molecule has 0 fully saturated rings. The standard InChI is InChI=1S/C12H13NO6/c1-6(14)19-10(12(17)18-2)8-4-3-7(13)5-9(8)11(15)16/h3-5,10H,13H2,1-2H3,(H,15,16). The van der Waals surface area contributed by atoms with Gasteiger partial charge in [-0.1, -0.05) is 6.07 Å². The lowest BCUT2D eigenvalue weighted by atomic mass is 10.0. The van der Waals surface area contributed by atoms with E-state index < -0.39 is 24.0 Å². The summed E-state index contributed by atoms with van der Waals surface area (Å²) in [4.78, 5) is 33.7. The van der Waals surface area contributed by atoms with Crippen molar-refractivity contribution in [2.45, 2.75) is 13.0 Å². The predicted molar refractivity (Wildman–Crippen MR) is 64.3 cm³/mol. The molecule has 1 unspecified atom stereocenters. The molecule has 0 saturated carbocycles. The third-order valence-electron chi connectivity index (χ3n) is 2.29. The predicted octanol–water partition coefficient (Wildman–Crippen LogP) is 0.744. The van der Waals surface area contributed by atoms with Crippen molar-refractivity contribution >= 4 is 23.6 Å². The van der Waals surface area contributed by atoms with Crippen molar-refractivity contribution in [2.75, 3.05) is 12.8 Å². The maximum Gasteiger partial charge on any atom is 0.351 e. The largest absolute Gasteiger partial charge is 0.478 e. The van der Waals surface area contributed by atoms with Gasteiger partial charge < -0.3 is 20.3 Å². The molecule has 0 spiro atoms. The molecule has 0 saturated heterocycles. The average molecular weight is 267 g/mol. The normalized spacial score (nSPS) is 11.5. The Labute approximate surface area is 108 Å². The number of hydrogen-bond acceptors (Lipinski definition) is 6. The molecule has 7 heteroatoms. The van der Waals surface area contributed by atoms with Crippen LogP contribution in [0.2, 0.25) is 0 Å². The molecule has 0 heterocycles. The average Bonchev–Trinajstić information content (AvgIpc) is 2.35. The minimum absolute atomic E-state index is 0.00347. The van der Waals surface area contributed by atoms with Crippen molar-refractivity contribution in [3.8, 4) is 0 Å². The summed E-state index contributed by atoms with van der Waals surface area (Å²) in [5.41, 5.74) is 5.48. The molecule has 1 rings (SSSR count). The van der Waals surface area contributed by atoms with Crippen LogP contribution in [0.4, 0.5) is 5.69 Å². The lowest BCUT2D eigenvalue weighted by molar-refractivity contribution is -0.165. The van der Waals surface area contributed by atoms with E-state index >= 15 is 0 Å². The number of hydrogen-bond donors (Lipinski definition) is 2. The number of carbonyl (C=O) groups excluding carboxylic acids is 2. The van der Waals surface area contributed by atoms with E-state index in [2.05, 4.69) is 4.74 Å². The number of ether oxygens (including phenoxy) is 2. The Morgan fingerprint density at radius 1 is 1.32 bits per heavy atom. The Morgan fingerprint density at radius 2 is 1.95 bits per heavy atom. The van der Waals surface area contributed by atoms with Gasteiger partial charge >= 0.3 is 17.9 Å². The van der Waals surface area contributed by atoms with Crippen molar-refractivity contribution in [3.05, 3.63) is 29.3 Å². The van der Waals surface area contributed by atoms with Gasteiger partial charge in [0.1, 0.15) is 0 Å². The summed E-state index contributed by atoms with van der Waals surface area (Å²) < 4.78 is 9.29. The summed E-state index contributed by atoms with van der Waals surface area (Å²) in [6.45, 7) is 1.10. The summed E-state index contributed by atoms with van der Waals surface area (Å²) in [5, 5.41) is 9.08. The highest BCUT2D eigenvalue weighted by Gasteiger charge is 2.29. The molecule has 7 nitrogen and oxygen atoms in total. The van der Waals surface area contributed by atoms with Crippen molar-refractivity contribution in [3.63, 3.8) is 0 Å². The van der Waals surface area contributed by atoms with E-state index in [1.54, 1.807) is 0 Å². The van der Waals surface area contributed by atoms with Gasteiger partial charge in [-0.2, -0.15) is 0 Å². The van der Waals surface area contributed by atoms with Crippen LogP contribution >= 0.6 is 0 Å². The Kier molecular flexibility index (Phi) is 4.46. The third-order valence-corrected chi connectivity index (χ3v) is 2.29. The zero-order valence-corrected chi connectivity index (χ0v) is 10.4. The van der Waals surface area contributed by atoms with E-state index in [0.717, 1.165) is 14.0 Å². The zero-order chi connectivity index (χ0) is 14.6. The number of carboxylic acids is 1. The fourth-order valence-corrected chi connectivity index (χ4v) is 1.50. The Morgan fingerprint density at radius 3 is 2.42 bits per heavy atom. The second kappa shape index (κ2) is 5.85. The summed E-state index contributed by atoms with van der Waals surface area (Å²) >= 11 is 0. The summed E-state index contributed by atoms with van der Waals surface area (Å²) in [6.07, 6.45) is -1.44. The van der Waals surface area contributed by atoms with Crippen LogP contribution in [0, 0.1) is 0 Å². The smallest absolute Gasteiger partial charge is 0.351 e. The molecule has 0 aliphatic rings. The van der Waals surface area contributed by atoms with Gasteiger partial charge in [-0.25, -0.2) is 9.59 Å². The van der Waals surface area contributed by atoms with E-state index in [9.17, 15) is 14.4 Å². The van der Waals surface area contributed by atoms with Crippen molar-refractivity contribution < 1.29 is 29.0 Å². The molecular formula is C12H13NO6. The number of aromatic carboxylic acids is 1. The van der Waals surface area contributed by atoms with Crippen LogP contribution in [-0.2, 0) is 19.1 Å². The van der Waals surface area contributed by atoms with Crippen LogP contribution in [0.1, 0.15) is 28.9 Å². The first-order valence-electron chi connectivity index (χ1n) is 5.24. The first-order chi connectivity index (χ1) is 8.86. The summed E-state index contributed by atoms with van der Waals surface area (Å²) in [7, 11) is 1.11. The molecule has 3 N–H and O–H groups in total. The van der Waals surface area contributed by atoms with Gasteiger partial charge in [-0.3, -0.25) is 4.79 Å². The monoisotopic (exact) mass is 267 g/mol. The Balaban J connectivity index is 3.32. The van der Waals surface area contributed by atoms with Gasteiger partial charge in [-0.15, -0.1) is 0 Å². The van der Waals surface area contributed by atoms with Crippen LogP contribution < -0.4 is 5.73 Å². The number of carbonyl (C=O) groups is 3. The molecule has 0 amide bonds. The van der Waals surface area contributed by atoms with Crippen LogP contribution in [-0.4, -0.2) is 30.1 Å². The maximum absolute atomic E-state index is 11.6. The maximum atomic E-state index is 11.6. The van der Waals surface area contributed by atoms with Crippen LogP contribution in [0.25, 0.3) is 0 Å². The number of rotatable bonds is 4. The molecule has 1 aromatic carbocycles. The fraction of sp³-hybridized carbons (Fsp3) is 0.250. The lowest BCUT2D eigenvalue weighted by Gasteiger charge is -2.17. The van der Waals surface area contributed by atoms with E-state index in [1.165, 1.54) is 18.2 Å². The first kappa shape index (κ1) is 14.5. The quantitative estimate of drug-likeness (QED) is 0.610. The number of carboxylic acid groups (broad SMARTS) is 1. The van der Waals surface area contributed by atoms with Gasteiger partial charge in [0, 0.05) is 18.2 Å². The fourth-order valence-electron chi connectivity index (χ4n) is 1.50. The highest BCUT2D eigenvalue weighted by molar-refractivity contribution is 5.93. The lowest BCUT2D eigenvalue weighted by Crippen LogP contribution is -2.22. The molecule has 1 atom stereocenters. The Hall–Kier alpha value is -2.57. The molecule has 102 valence electrons. The number of benzene rings is 1. The van der Waals surface area contributed by atoms with Crippen LogP contribution in [0.5, 0.6) is 0 Å². The second-order valence-electron chi connectivity index (χ2n) is 3.66. The molecule has 0 radical (unpaired) electrons. The zero-order valence-electron chi connectivity index (χ0n) is 10.4. The van der Waals surface area contributed by atoms with E-state index in [0.29, 0.717) is 0 Å². The van der Waals surface area contributed by atoms with Crippen LogP contribution in [0.3, 0.4) is 0 Å². The van der Waals surface area contributed by atoms with Crippen molar-refractivity contribution in [2.24, 2.45) is 0 Å². The molecule has 0 bridgehead atoms. The van der Waals surface area contributed by atoms with E-state index in [1.807, 2.05) is 0 Å². The summed E-state index contributed by atoms with van der Waals surface area (Å²) in [6, 6.07) is 3.89. The molecule has 0 aromatic heterocycles. The SMILES string of the molecule is COC(=O)C(OC(C)=O)c1ccc(N)cc1C(=O)O. The molecule has 1 aromatic rings. The summed E-state index contributed by atoms with van der Waals surface area (Å²) in [5.74, 6) is -2.89. The molecule has 0 aliphatic heterocycles. The highest BCUT2D eigenvalue weighted by Crippen LogP contribution is 2.25. The minimum Gasteiger partial charge on any atom is -0.478 e.